The topological polar surface area (TPSA) is 69.7 Å². The molecular weight excluding hydrogens is 270 g/mol. The first kappa shape index (κ1) is 14.5. The molecule has 6 heteroatoms. The molecule has 2 heterocycles. The second-order valence-electron chi connectivity index (χ2n) is 6.41. The molecule has 2 saturated heterocycles. The van der Waals surface area contributed by atoms with Crippen LogP contribution in [0, 0.1) is 5.41 Å². The van der Waals surface area contributed by atoms with E-state index in [-0.39, 0.29) is 17.9 Å². The van der Waals surface area contributed by atoms with Crippen molar-refractivity contribution in [1.82, 2.24) is 15.1 Å². The van der Waals surface area contributed by atoms with Gasteiger partial charge in [-0.1, -0.05) is 19.8 Å². The minimum absolute atomic E-state index is 0.100. The molecule has 1 spiro atoms. The summed E-state index contributed by atoms with van der Waals surface area (Å²) < 4.78 is 0. The first-order chi connectivity index (χ1) is 10.1. The van der Waals surface area contributed by atoms with Crippen molar-refractivity contribution < 1.29 is 14.4 Å². The predicted octanol–water partition coefficient (Wildman–Crippen LogP) is 1.11. The molecule has 1 aliphatic carbocycles. The first-order valence-electron chi connectivity index (χ1n) is 8.00. The summed E-state index contributed by atoms with van der Waals surface area (Å²) in [5, 5.41) is 2.43. The molecule has 4 amide bonds. The van der Waals surface area contributed by atoms with Gasteiger partial charge in [-0.15, -0.1) is 0 Å². The molecule has 0 bridgehead atoms. The second-order valence-corrected chi connectivity index (χ2v) is 6.41. The van der Waals surface area contributed by atoms with E-state index < -0.39 is 11.4 Å². The summed E-state index contributed by atoms with van der Waals surface area (Å²) in [5.41, 5.74) is -0.970. The van der Waals surface area contributed by atoms with Gasteiger partial charge in [0, 0.05) is 6.54 Å². The number of carbonyl (C=O) groups excluding carboxylic acids is 3. The van der Waals surface area contributed by atoms with Crippen LogP contribution in [0.5, 0.6) is 0 Å². The summed E-state index contributed by atoms with van der Waals surface area (Å²) in [7, 11) is 0. The molecule has 6 nitrogen and oxygen atoms in total. The Morgan fingerprint density at radius 3 is 2.57 bits per heavy atom. The summed E-state index contributed by atoms with van der Waals surface area (Å²) in [4.78, 5) is 40.9. The lowest BCUT2D eigenvalue weighted by Gasteiger charge is -2.43. The average molecular weight is 293 g/mol. The summed E-state index contributed by atoms with van der Waals surface area (Å²) in [6.45, 7) is 4.74. The number of nitrogens with one attached hydrogen (secondary N) is 1. The van der Waals surface area contributed by atoms with E-state index in [9.17, 15) is 14.4 Å². The number of amides is 4. The van der Waals surface area contributed by atoms with Gasteiger partial charge in [-0.2, -0.15) is 0 Å². The smallest absolute Gasteiger partial charge is 0.302 e. The number of hydrogen-bond acceptors (Lipinski definition) is 4. The van der Waals surface area contributed by atoms with Crippen LogP contribution in [0.3, 0.4) is 0 Å². The Bertz CT molecular complexity index is 471. The van der Waals surface area contributed by atoms with E-state index in [1.165, 1.54) is 4.90 Å². The zero-order valence-electron chi connectivity index (χ0n) is 12.6. The molecule has 1 N–H and O–H groups in total. The van der Waals surface area contributed by atoms with Crippen LogP contribution in [0.4, 0.5) is 4.79 Å². The van der Waals surface area contributed by atoms with Crippen molar-refractivity contribution in [3.63, 3.8) is 0 Å². The number of hydrogen-bond donors (Lipinski definition) is 1. The number of urea groups is 1. The monoisotopic (exact) mass is 293 g/mol. The normalized spacial score (nSPS) is 30.0. The average Bonchev–Trinajstić information content (AvgIpc) is 2.97. The van der Waals surface area contributed by atoms with E-state index in [2.05, 4.69) is 17.1 Å². The van der Waals surface area contributed by atoms with Crippen molar-refractivity contribution in [2.24, 2.45) is 5.41 Å². The fourth-order valence-corrected chi connectivity index (χ4v) is 3.98. The Kier molecular flexibility index (Phi) is 3.73. The predicted molar refractivity (Wildman–Crippen MR) is 76.4 cm³/mol. The highest BCUT2D eigenvalue weighted by Crippen LogP contribution is 2.42. The van der Waals surface area contributed by atoms with Crippen molar-refractivity contribution in [2.45, 2.75) is 51.5 Å². The van der Waals surface area contributed by atoms with Gasteiger partial charge in [-0.3, -0.25) is 19.8 Å². The summed E-state index contributed by atoms with van der Waals surface area (Å²) >= 11 is 0. The molecule has 3 rings (SSSR count). The highest BCUT2D eigenvalue weighted by molar-refractivity contribution is 6.19. The van der Waals surface area contributed by atoms with Gasteiger partial charge in [0.1, 0.15) is 5.41 Å². The lowest BCUT2D eigenvalue weighted by atomic mass is 9.81. The molecule has 1 saturated carbocycles. The first-order valence-corrected chi connectivity index (χ1v) is 8.00. The minimum atomic E-state index is -0.970. The molecule has 0 aromatic rings. The van der Waals surface area contributed by atoms with E-state index in [4.69, 9.17) is 0 Å². The van der Waals surface area contributed by atoms with Gasteiger partial charge < -0.3 is 4.90 Å². The van der Waals surface area contributed by atoms with Crippen LogP contribution in [0.25, 0.3) is 0 Å². The second kappa shape index (κ2) is 5.40. The van der Waals surface area contributed by atoms with E-state index in [1.54, 1.807) is 0 Å². The number of likely N-dealkylation sites (N-methyl/N-ethyl adjacent to an activating group) is 1. The Labute approximate surface area is 124 Å². The zero-order chi connectivity index (χ0) is 15.0. The maximum atomic E-state index is 12.9. The lowest BCUT2D eigenvalue weighted by molar-refractivity contribution is -0.153. The van der Waals surface area contributed by atoms with Gasteiger partial charge in [0.2, 0.25) is 11.8 Å². The van der Waals surface area contributed by atoms with Crippen LogP contribution in [0.15, 0.2) is 0 Å². The molecule has 116 valence electrons. The number of likely N-dealkylation sites (tertiary alicyclic amines) is 1. The number of carbonyl (C=O) groups is 3. The van der Waals surface area contributed by atoms with E-state index >= 15 is 0 Å². The number of rotatable bonds is 2. The summed E-state index contributed by atoms with van der Waals surface area (Å²) in [6.07, 6.45) is 4.73. The van der Waals surface area contributed by atoms with Crippen molar-refractivity contribution in [1.29, 1.82) is 0 Å². The third kappa shape index (κ3) is 2.25. The Morgan fingerprint density at radius 1 is 1.19 bits per heavy atom. The Morgan fingerprint density at radius 2 is 1.90 bits per heavy atom. The van der Waals surface area contributed by atoms with Crippen LogP contribution >= 0.6 is 0 Å². The van der Waals surface area contributed by atoms with Gasteiger partial charge in [0.05, 0.1) is 6.04 Å². The van der Waals surface area contributed by atoms with Crippen molar-refractivity contribution >= 4 is 17.8 Å². The van der Waals surface area contributed by atoms with Crippen molar-refractivity contribution in [3.8, 4) is 0 Å². The van der Waals surface area contributed by atoms with Gasteiger partial charge in [0.25, 0.3) is 0 Å². The fraction of sp³-hybridized carbons (Fsp3) is 0.800. The van der Waals surface area contributed by atoms with Crippen LogP contribution in [0.1, 0.15) is 45.4 Å². The third-order valence-corrected chi connectivity index (χ3v) is 5.25. The van der Waals surface area contributed by atoms with Gasteiger partial charge in [-0.05, 0) is 38.8 Å². The highest BCUT2D eigenvalue weighted by atomic mass is 16.2. The quantitative estimate of drug-likeness (QED) is 0.774. The van der Waals surface area contributed by atoms with Crippen LogP contribution in [0.2, 0.25) is 0 Å². The maximum Gasteiger partial charge on any atom is 0.331 e. The highest BCUT2D eigenvalue weighted by Gasteiger charge is 2.56. The fourth-order valence-electron chi connectivity index (χ4n) is 3.98. The molecule has 0 aromatic heterocycles. The zero-order valence-corrected chi connectivity index (χ0v) is 12.6. The molecular formula is C15H23N3O3. The molecule has 2 aliphatic heterocycles. The van der Waals surface area contributed by atoms with Gasteiger partial charge in [-0.25, -0.2) is 4.79 Å². The molecule has 3 fully saturated rings. The van der Waals surface area contributed by atoms with Crippen molar-refractivity contribution in [2.75, 3.05) is 19.6 Å². The SMILES string of the molecule is CCN1CCCC(N2C(=O)NC(=O)C3(CCCC3)C2=O)C1. The van der Waals surface area contributed by atoms with Crippen molar-refractivity contribution in [3.05, 3.63) is 0 Å². The summed E-state index contributed by atoms with van der Waals surface area (Å²) in [5.74, 6) is -0.633. The number of nitrogens with zero attached hydrogens (tertiary/aromatic N) is 2. The number of imide groups is 2. The van der Waals surface area contributed by atoms with Gasteiger partial charge >= 0.3 is 6.03 Å². The maximum absolute atomic E-state index is 12.9. The number of barbiturate groups is 1. The Balaban J connectivity index is 1.85. The molecule has 1 atom stereocenters. The van der Waals surface area contributed by atoms with Gasteiger partial charge in [0.15, 0.2) is 0 Å². The minimum Gasteiger partial charge on any atom is -0.302 e. The van der Waals surface area contributed by atoms with Crippen LogP contribution < -0.4 is 5.32 Å². The molecule has 21 heavy (non-hydrogen) atoms. The third-order valence-electron chi connectivity index (χ3n) is 5.25. The Hall–Kier alpha value is -1.43. The molecule has 0 radical (unpaired) electrons. The van der Waals surface area contributed by atoms with Crippen LogP contribution in [-0.2, 0) is 9.59 Å². The lowest BCUT2D eigenvalue weighted by Crippen LogP contribution is -2.67. The largest absolute Gasteiger partial charge is 0.331 e. The standard InChI is InChI=1S/C15H23N3O3/c1-2-17-9-5-6-11(10-17)18-13(20)15(7-3-4-8-15)12(19)16-14(18)21/h11H,2-10H2,1H3,(H,16,19,21). The van der Waals surface area contributed by atoms with E-state index in [0.717, 1.165) is 45.3 Å². The summed E-state index contributed by atoms with van der Waals surface area (Å²) in [6, 6.07) is -0.623. The van der Waals surface area contributed by atoms with E-state index in [0.29, 0.717) is 12.8 Å². The molecule has 0 aromatic carbocycles. The van der Waals surface area contributed by atoms with Crippen LogP contribution in [-0.4, -0.2) is 53.3 Å². The molecule has 1 unspecified atom stereocenters. The van der Waals surface area contributed by atoms with E-state index in [1.807, 2.05) is 0 Å². The molecule has 3 aliphatic rings. The number of piperidine rings is 1.